The zero-order valence-corrected chi connectivity index (χ0v) is 9.47. The average molecular weight is 218 g/mol. The first-order valence-corrected chi connectivity index (χ1v) is 5.13. The molecule has 0 spiro atoms. The minimum absolute atomic E-state index is 0.118. The van der Waals surface area contributed by atoms with Gasteiger partial charge in [0.15, 0.2) is 0 Å². The summed E-state index contributed by atoms with van der Waals surface area (Å²) in [5.74, 6) is -0.672. The Labute approximate surface area is 89.3 Å². The first-order valence-electron chi connectivity index (χ1n) is 5.13. The van der Waals surface area contributed by atoms with E-state index in [4.69, 9.17) is 10.5 Å². The van der Waals surface area contributed by atoms with Crippen LogP contribution in [0.4, 0.5) is 4.39 Å². The van der Waals surface area contributed by atoms with Crippen LogP contribution in [0.3, 0.4) is 0 Å². The van der Waals surface area contributed by atoms with E-state index in [1.165, 1.54) is 0 Å². The number of carbonyl (C=O) groups excluding carboxylic acids is 1. The predicted octanol–water partition coefficient (Wildman–Crippen LogP) is 0.357. The van der Waals surface area contributed by atoms with E-state index in [1.807, 2.05) is 0 Å². The summed E-state index contributed by atoms with van der Waals surface area (Å²) in [5.41, 5.74) is 3.28. The standard InChI is InChI=1S/C10H19FN2O2/c1-9(2,3)15-8(14)7(12)10(11)4-5-13-6-10/h7,13H,4-6,12H2,1-3H3. The molecule has 0 radical (unpaired) electrons. The molecular formula is C10H19FN2O2. The number of nitrogens with one attached hydrogen (secondary N) is 1. The lowest BCUT2D eigenvalue weighted by atomic mass is 9.96. The van der Waals surface area contributed by atoms with Crippen LogP contribution in [0.15, 0.2) is 0 Å². The Morgan fingerprint density at radius 3 is 2.60 bits per heavy atom. The highest BCUT2D eigenvalue weighted by atomic mass is 19.1. The Hall–Kier alpha value is -0.680. The van der Waals surface area contributed by atoms with Gasteiger partial charge in [0.25, 0.3) is 0 Å². The zero-order valence-electron chi connectivity index (χ0n) is 9.47. The largest absolute Gasteiger partial charge is 0.459 e. The van der Waals surface area contributed by atoms with E-state index in [0.29, 0.717) is 6.54 Å². The molecule has 1 fully saturated rings. The van der Waals surface area contributed by atoms with Gasteiger partial charge in [-0.2, -0.15) is 0 Å². The van der Waals surface area contributed by atoms with E-state index in [0.717, 1.165) is 0 Å². The summed E-state index contributed by atoms with van der Waals surface area (Å²) in [6.07, 6.45) is 0.257. The van der Waals surface area contributed by atoms with Crippen LogP contribution < -0.4 is 11.1 Å². The first kappa shape index (κ1) is 12.4. The van der Waals surface area contributed by atoms with Gasteiger partial charge in [0.2, 0.25) is 0 Å². The normalized spacial score (nSPS) is 28.9. The molecule has 1 rings (SSSR count). The fourth-order valence-electron chi connectivity index (χ4n) is 1.52. The molecule has 15 heavy (non-hydrogen) atoms. The van der Waals surface area contributed by atoms with E-state index < -0.39 is 23.3 Å². The fourth-order valence-corrected chi connectivity index (χ4v) is 1.52. The highest BCUT2D eigenvalue weighted by molar-refractivity contribution is 5.77. The molecule has 0 amide bonds. The number of halogens is 1. The average Bonchev–Trinajstić information content (AvgIpc) is 2.49. The second-order valence-electron chi connectivity index (χ2n) is 4.97. The van der Waals surface area contributed by atoms with Crippen molar-refractivity contribution in [2.24, 2.45) is 5.73 Å². The molecule has 0 saturated carbocycles. The summed E-state index contributed by atoms with van der Waals surface area (Å²) in [5, 5.41) is 2.85. The minimum atomic E-state index is -1.66. The van der Waals surface area contributed by atoms with Crippen LogP contribution in [0.5, 0.6) is 0 Å². The summed E-state index contributed by atoms with van der Waals surface area (Å²) in [6, 6.07) is -1.20. The lowest BCUT2D eigenvalue weighted by molar-refractivity contribution is -0.160. The summed E-state index contributed by atoms with van der Waals surface area (Å²) < 4.78 is 19.1. The van der Waals surface area contributed by atoms with Crippen LogP contribution in [0.25, 0.3) is 0 Å². The smallest absolute Gasteiger partial charge is 0.326 e. The maximum Gasteiger partial charge on any atom is 0.326 e. The molecule has 2 unspecified atom stereocenters. The van der Waals surface area contributed by atoms with Gasteiger partial charge in [0.05, 0.1) is 0 Å². The van der Waals surface area contributed by atoms with Gasteiger partial charge < -0.3 is 15.8 Å². The zero-order chi connectivity index (χ0) is 11.7. The fraction of sp³-hybridized carbons (Fsp3) is 0.900. The number of esters is 1. The summed E-state index contributed by atoms with van der Waals surface area (Å²) in [6.45, 7) is 5.86. The third kappa shape index (κ3) is 3.14. The number of rotatable bonds is 2. The lowest BCUT2D eigenvalue weighted by Crippen LogP contribution is -2.53. The van der Waals surface area contributed by atoms with Crippen molar-refractivity contribution in [2.75, 3.05) is 13.1 Å². The van der Waals surface area contributed by atoms with Crippen LogP contribution in [-0.4, -0.2) is 36.4 Å². The highest BCUT2D eigenvalue weighted by Crippen LogP contribution is 2.24. The third-order valence-corrected chi connectivity index (χ3v) is 2.35. The van der Waals surface area contributed by atoms with Crippen molar-refractivity contribution in [3.8, 4) is 0 Å². The van der Waals surface area contributed by atoms with Crippen LogP contribution in [0.1, 0.15) is 27.2 Å². The van der Waals surface area contributed by atoms with Crippen LogP contribution >= 0.6 is 0 Å². The van der Waals surface area contributed by atoms with E-state index in [9.17, 15) is 9.18 Å². The number of alkyl halides is 1. The Bertz CT molecular complexity index is 244. The Balaban J connectivity index is 2.60. The molecule has 3 N–H and O–H groups in total. The van der Waals surface area contributed by atoms with Gasteiger partial charge in [-0.25, -0.2) is 4.39 Å². The van der Waals surface area contributed by atoms with Gasteiger partial charge in [0, 0.05) is 6.54 Å². The van der Waals surface area contributed by atoms with Crippen LogP contribution in [0.2, 0.25) is 0 Å². The maximum absolute atomic E-state index is 14.0. The summed E-state index contributed by atoms with van der Waals surface area (Å²) >= 11 is 0. The van der Waals surface area contributed by atoms with Gasteiger partial charge in [-0.05, 0) is 33.7 Å². The topological polar surface area (TPSA) is 64.3 Å². The second-order valence-corrected chi connectivity index (χ2v) is 4.97. The number of ether oxygens (including phenoxy) is 1. The van der Waals surface area contributed by atoms with Crippen LogP contribution in [0, 0.1) is 0 Å². The van der Waals surface area contributed by atoms with Gasteiger partial charge in [-0.1, -0.05) is 0 Å². The molecule has 0 aromatic rings. The van der Waals surface area contributed by atoms with Crippen molar-refractivity contribution < 1.29 is 13.9 Å². The molecule has 1 aliphatic rings. The van der Waals surface area contributed by atoms with E-state index in [2.05, 4.69) is 5.32 Å². The number of hydrogen-bond donors (Lipinski definition) is 2. The molecule has 0 bridgehead atoms. The molecular weight excluding hydrogens is 199 g/mol. The van der Waals surface area contributed by atoms with Crippen LogP contribution in [-0.2, 0) is 9.53 Å². The molecule has 1 aliphatic heterocycles. The predicted molar refractivity (Wildman–Crippen MR) is 55.1 cm³/mol. The van der Waals surface area contributed by atoms with Gasteiger partial charge in [-0.15, -0.1) is 0 Å². The van der Waals surface area contributed by atoms with Gasteiger partial charge >= 0.3 is 5.97 Å². The highest BCUT2D eigenvalue weighted by Gasteiger charge is 2.45. The van der Waals surface area contributed by atoms with Gasteiger partial charge in [0.1, 0.15) is 17.3 Å². The van der Waals surface area contributed by atoms with Crippen molar-refractivity contribution >= 4 is 5.97 Å². The number of nitrogens with two attached hydrogens (primary N) is 1. The van der Waals surface area contributed by atoms with Crippen molar-refractivity contribution in [2.45, 2.75) is 44.5 Å². The minimum Gasteiger partial charge on any atom is -0.459 e. The Morgan fingerprint density at radius 1 is 1.60 bits per heavy atom. The summed E-state index contributed by atoms with van der Waals surface area (Å²) in [7, 11) is 0. The quantitative estimate of drug-likeness (QED) is 0.657. The molecule has 88 valence electrons. The molecule has 5 heteroatoms. The van der Waals surface area contributed by atoms with Crippen molar-refractivity contribution in [1.29, 1.82) is 0 Å². The monoisotopic (exact) mass is 218 g/mol. The Kier molecular flexibility index (Phi) is 3.35. The SMILES string of the molecule is CC(C)(C)OC(=O)C(N)C1(F)CCNC1. The van der Waals surface area contributed by atoms with Gasteiger partial charge in [-0.3, -0.25) is 4.79 Å². The molecule has 1 saturated heterocycles. The summed E-state index contributed by atoms with van der Waals surface area (Å²) in [4.78, 5) is 11.5. The van der Waals surface area contributed by atoms with Crippen molar-refractivity contribution in [3.05, 3.63) is 0 Å². The van der Waals surface area contributed by atoms with Crippen molar-refractivity contribution in [3.63, 3.8) is 0 Å². The van der Waals surface area contributed by atoms with Crippen molar-refractivity contribution in [1.82, 2.24) is 5.32 Å². The molecule has 0 aromatic heterocycles. The van der Waals surface area contributed by atoms with E-state index in [-0.39, 0.29) is 13.0 Å². The lowest BCUT2D eigenvalue weighted by Gasteiger charge is -2.28. The number of hydrogen-bond acceptors (Lipinski definition) is 4. The molecule has 0 aliphatic carbocycles. The second kappa shape index (κ2) is 4.06. The Morgan fingerprint density at radius 2 is 2.20 bits per heavy atom. The maximum atomic E-state index is 14.0. The number of carbonyl (C=O) groups is 1. The molecule has 2 atom stereocenters. The molecule has 1 heterocycles. The third-order valence-electron chi connectivity index (χ3n) is 2.35. The van der Waals surface area contributed by atoms with E-state index >= 15 is 0 Å². The molecule has 0 aromatic carbocycles. The first-order chi connectivity index (χ1) is 6.75. The van der Waals surface area contributed by atoms with E-state index in [1.54, 1.807) is 20.8 Å². The molecule has 4 nitrogen and oxygen atoms in total.